The van der Waals surface area contributed by atoms with Crippen LogP contribution >= 0.6 is 23.5 Å². The fourth-order valence-electron chi connectivity index (χ4n) is 4.76. The maximum Gasteiger partial charge on any atom is 0.248 e. The Labute approximate surface area is 289 Å². The van der Waals surface area contributed by atoms with Crippen molar-refractivity contribution in [2.75, 3.05) is 10.6 Å². The molecule has 0 aromatic heterocycles. The molecule has 0 unspecified atom stereocenters. The van der Waals surface area contributed by atoms with Gasteiger partial charge in [0.2, 0.25) is 11.8 Å². The van der Waals surface area contributed by atoms with Crippen molar-refractivity contribution in [1.29, 1.82) is 0 Å². The van der Waals surface area contributed by atoms with Gasteiger partial charge in [-0.05, 0) is 107 Å². The molecule has 0 fully saturated rings. The minimum absolute atomic E-state index is 0.161. The second kappa shape index (κ2) is 16.3. The summed E-state index contributed by atoms with van der Waals surface area (Å²) in [4.78, 5) is 29.0. The lowest BCUT2D eigenvalue weighted by Crippen LogP contribution is -2.07. The Morgan fingerprint density at radius 1 is 0.396 bits per heavy atom. The van der Waals surface area contributed by atoms with Crippen LogP contribution in [0.25, 0.3) is 23.3 Å². The Kier molecular flexibility index (Phi) is 11.0. The summed E-state index contributed by atoms with van der Waals surface area (Å²) in [5.74, 6) is -0.323. The Balaban J connectivity index is 0.975. The summed E-state index contributed by atoms with van der Waals surface area (Å²) >= 11 is 3.36. The summed E-state index contributed by atoms with van der Waals surface area (Å²) in [7, 11) is 0. The molecule has 2 amide bonds. The molecule has 0 aliphatic carbocycles. The van der Waals surface area contributed by atoms with Crippen molar-refractivity contribution in [2.24, 2.45) is 0 Å². The molecule has 4 nitrogen and oxygen atoms in total. The fourth-order valence-corrected chi connectivity index (χ4v) is 6.39. The average molecular weight is 661 g/mol. The smallest absolute Gasteiger partial charge is 0.248 e. The zero-order chi connectivity index (χ0) is 33.0. The first-order valence-corrected chi connectivity index (χ1v) is 17.0. The first-order valence-electron chi connectivity index (χ1n) is 15.4. The first kappa shape index (κ1) is 32.4. The van der Waals surface area contributed by atoms with Crippen LogP contribution in [0.5, 0.6) is 0 Å². The minimum Gasteiger partial charge on any atom is -0.323 e. The van der Waals surface area contributed by atoms with Gasteiger partial charge in [0.05, 0.1) is 0 Å². The van der Waals surface area contributed by atoms with Gasteiger partial charge < -0.3 is 10.6 Å². The van der Waals surface area contributed by atoms with Crippen LogP contribution in [0.1, 0.15) is 11.1 Å². The van der Waals surface area contributed by atoms with E-state index in [9.17, 15) is 9.59 Å². The number of nitrogens with one attached hydrogen (secondary N) is 2. The van der Waals surface area contributed by atoms with E-state index in [0.717, 1.165) is 53.2 Å². The Morgan fingerprint density at radius 3 is 1.04 bits per heavy atom. The van der Waals surface area contributed by atoms with Crippen LogP contribution in [0.15, 0.2) is 189 Å². The number of hydrogen-bond acceptors (Lipinski definition) is 4. The zero-order valence-corrected chi connectivity index (χ0v) is 27.6. The van der Waals surface area contributed by atoms with Gasteiger partial charge in [0, 0.05) is 43.1 Å². The summed E-state index contributed by atoms with van der Waals surface area (Å²) in [6, 6.07) is 52.3. The number of carbonyl (C=O) groups excluding carboxylic acids is 2. The summed E-state index contributed by atoms with van der Waals surface area (Å²) in [6.45, 7) is 0. The highest BCUT2D eigenvalue weighted by atomic mass is 32.2. The van der Waals surface area contributed by atoms with Gasteiger partial charge in [-0.3, -0.25) is 9.59 Å². The van der Waals surface area contributed by atoms with Crippen LogP contribution in [0.4, 0.5) is 11.4 Å². The zero-order valence-electron chi connectivity index (χ0n) is 26.0. The molecule has 0 saturated carbocycles. The van der Waals surface area contributed by atoms with E-state index in [1.165, 1.54) is 0 Å². The van der Waals surface area contributed by atoms with Crippen LogP contribution in [-0.2, 0) is 9.59 Å². The molecule has 0 bridgehead atoms. The third-order valence-corrected chi connectivity index (χ3v) is 9.24. The van der Waals surface area contributed by atoms with E-state index >= 15 is 0 Å². The van der Waals surface area contributed by atoms with Crippen LogP contribution in [0.3, 0.4) is 0 Å². The van der Waals surface area contributed by atoms with Gasteiger partial charge in [0.15, 0.2) is 0 Å². The second-order valence-corrected chi connectivity index (χ2v) is 13.1. The highest BCUT2D eigenvalue weighted by Gasteiger charge is 2.05. The predicted molar refractivity (Wildman–Crippen MR) is 201 cm³/mol. The van der Waals surface area contributed by atoms with Crippen LogP contribution < -0.4 is 10.6 Å². The van der Waals surface area contributed by atoms with Gasteiger partial charge in [-0.2, -0.15) is 0 Å². The minimum atomic E-state index is -0.161. The van der Waals surface area contributed by atoms with Gasteiger partial charge in [-0.1, -0.05) is 108 Å². The van der Waals surface area contributed by atoms with Crippen molar-refractivity contribution in [3.05, 3.63) is 181 Å². The molecule has 6 heteroatoms. The van der Waals surface area contributed by atoms with E-state index < -0.39 is 0 Å². The number of carbonyl (C=O) groups is 2. The molecule has 2 N–H and O–H groups in total. The Hall–Kier alpha value is -5.56. The largest absolute Gasteiger partial charge is 0.323 e. The van der Waals surface area contributed by atoms with Crippen molar-refractivity contribution >= 4 is 58.9 Å². The molecular weight excluding hydrogens is 629 g/mol. The molecule has 6 aromatic rings. The van der Waals surface area contributed by atoms with Crippen LogP contribution in [0, 0.1) is 0 Å². The van der Waals surface area contributed by atoms with Crippen molar-refractivity contribution < 1.29 is 9.59 Å². The molecule has 0 aliphatic heterocycles. The lowest BCUT2D eigenvalue weighted by atomic mass is 10.1. The molecule has 0 heterocycles. The standard InChI is InChI=1S/C42H32N2O2S2/c45-41(29-11-31-7-3-1-4-8-31)43-35-17-25-39(26-18-35)47-37-21-13-33(14-22-37)34-15-23-38(24-16-34)48-40-27-19-36(20-28-40)44-42(46)30-12-32-9-5-2-6-10-32/h1-30H,(H,43,45)(H,44,46). The van der Waals surface area contributed by atoms with Crippen molar-refractivity contribution in [2.45, 2.75) is 19.6 Å². The number of rotatable bonds is 11. The monoisotopic (exact) mass is 660 g/mol. The number of anilines is 2. The molecule has 6 rings (SSSR count). The van der Waals surface area contributed by atoms with E-state index in [1.807, 2.05) is 109 Å². The van der Waals surface area contributed by atoms with Gasteiger partial charge >= 0.3 is 0 Å². The summed E-state index contributed by atoms with van der Waals surface area (Å²) < 4.78 is 0. The third-order valence-electron chi connectivity index (χ3n) is 7.21. The molecule has 0 saturated heterocycles. The highest BCUT2D eigenvalue weighted by molar-refractivity contribution is 7.99. The summed E-state index contributed by atoms with van der Waals surface area (Å²) in [5.41, 5.74) is 5.78. The first-order chi connectivity index (χ1) is 23.6. The molecule has 6 aromatic carbocycles. The normalized spacial score (nSPS) is 11.1. The molecule has 234 valence electrons. The Bertz CT molecular complexity index is 1860. The predicted octanol–water partition coefficient (Wildman–Crippen LogP) is 11.0. The van der Waals surface area contributed by atoms with Gasteiger partial charge in [-0.15, -0.1) is 0 Å². The second-order valence-electron chi connectivity index (χ2n) is 10.8. The van der Waals surface area contributed by atoms with E-state index in [0.29, 0.717) is 0 Å². The lowest BCUT2D eigenvalue weighted by Gasteiger charge is -2.08. The fraction of sp³-hybridized carbons (Fsp3) is 0. The molecule has 0 atom stereocenters. The molecule has 0 radical (unpaired) electrons. The van der Waals surface area contributed by atoms with Crippen molar-refractivity contribution in [3.8, 4) is 11.1 Å². The molecule has 0 aliphatic rings. The van der Waals surface area contributed by atoms with Crippen molar-refractivity contribution in [3.63, 3.8) is 0 Å². The average Bonchev–Trinajstić information content (AvgIpc) is 3.13. The van der Waals surface area contributed by atoms with Crippen molar-refractivity contribution in [1.82, 2.24) is 0 Å². The number of hydrogen-bond donors (Lipinski definition) is 2. The topological polar surface area (TPSA) is 58.2 Å². The molecule has 0 spiro atoms. The maximum atomic E-state index is 12.3. The maximum absolute atomic E-state index is 12.3. The lowest BCUT2D eigenvalue weighted by molar-refractivity contribution is -0.112. The Morgan fingerprint density at radius 2 is 0.708 bits per heavy atom. The van der Waals surface area contributed by atoms with Crippen LogP contribution in [0.2, 0.25) is 0 Å². The highest BCUT2D eigenvalue weighted by Crippen LogP contribution is 2.33. The van der Waals surface area contributed by atoms with Crippen LogP contribution in [-0.4, -0.2) is 11.8 Å². The van der Waals surface area contributed by atoms with Gasteiger partial charge in [-0.25, -0.2) is 0 Å². The van der Waals surface area contributed by atoms with Gasteiger partial charge in [0.1, 0.15) is 0 Å². The molecular formula is C42H32N2O2S2. The van der Waals surface area contributed by atoms with E-state index in [4.69, 9.17) is 0 Å². The molecule has 48 heavy (non-hydrogen) atoms. The summed E-state index contributed by atoms with van der Waals surface area (Å²) in [6.07, 6.45) is 6.69. The number of amides is 2. The van der Waals surface area contributed by atoms with E-state index in [1.54, 1.807) is 47.8 Å². The van der Waals surface area contributed by atoms with E-state index in [-0.39, 0.29) is 11.8 Å². The number of benzene rings is 6. The summed E-state index contributed by atoms with van der Waals surface area (Å²) in [5, 5.41) is 5.82. The SMILES string of the molecule is O=C(C=Cc1ccccc1)Nc1ccc(Sc2ccc(-c3ccc(Sc4ccc(NC(=O)C=Cc5ccccc5)cc4)cc3)cc2)cc1. The third kappa shape index (κ3) is 9.72. The van der Waals surface area contributed by atoms with E-state index in [2.05, 4.69) is 59.2 Å². The van der Waals surface area contributed by atoms with Gasteiger partial charge in [0.25, 0.3) is 0 Å². The quantitative estimate of drug-likeness (QED) is 0.136.